The summed E-state index contributed by atoms with van der Waals surface area (Å²) in [6, 6.07) is 37.0. The number of fused-ring (bicyclic) bond motifs is 2. The van der Waals surface area contributed by atoms with E-state index in [1.807, 2.05) is 0 Å². The van der Waals surface area contributed by atoms with Crippen LogP contribution < -0.4 is 0 Å². The molecule has 0 aliphatic heterocycles. The minimum absolute atomic E-state index is 0.117. The first-order valence-electron chi connectivity index (χ1n) is 13.5. The molecule has 2 aliphatic carbocycles. The van der Waals surface area contributed by atoms with Crippen LogP contribution in [0.15, 0.2) is 132 Å². The Morgan fingerprint density at radius 1 is 0.842 bits per heavy atom. The van der Waals surface area contributed by atoms with Crippen molar-refractivity contribution in [1.82, 2.24) is 0 Å². The van der Waals surface area contributed by atoms with Gasteiger partial charge in [-0.2, -0.15) is 0 Å². The fourth-order valence-corrected chi connectivity index (χ4v) is 6.03. The summed E-state index contributed by atoms with van der Waals surface area (Å²) >= 11 is 0. The standard InChI is InChI=1S/C37H33N/c1-37(22-21-35-33(26-37)24-31-12-6-7-14-34(31)35)25-28-9-8-13-32(23-28)36(38-2)20-17-27-15-18-30(19-16-27)29-10-4-3-5-11-29/h3-16,18-23H,2,17,24-26H2,1H3/b36-20-. The van der Waals surface area contributed by atoms with Crippen molar-refractivity contribution in [3.05, 3.63) is 155 Å². The minimum Gasteiger partial charge on any atom is -0.264 e. The van der Waals surface area contributed by atoms with Gasteiger partial charge in [-0.3, -0.25) is 4.99 Å². The SMILES string of the molecule is C=N/C(=C\Cc1ccc(-c2ccccc2)cc1)c1cccc(CC2(C)C=CC3=C(Cc4ccccc43)C2)c1. The molecule has 0 N–H and O–H groups in total. The van der Waals surface area contributed by atoms with Crippen molar-refractivity contribution in [3.8, 4) is 11.1 Å². The van der Waals surface area contributed by atoms with Gasteiger partial charge in [0.15, 0.2) is 0 Å². The van der Waals surface area contributed by atoms with Gasteiger partial charge in [0, 0.05) is 5.56 Å². The van der Waals surface area contributed by atoms with Crippen LogP contribution in [0.5, 0.6) is 0 Å². The average Bonchev–Trinajstić information content (AvgIpc) is 3.31. The third kappa shape index (κ3) is 4.97. The van der Waals surface area contributed by atoms with Crippen LogP contribution in [0, 0.1) is 5.41 Å². The van der Waals surface area contributed by atoms with Crippen LogP contribution in [0.1, 0.15) is 41.2 Å². The van der Waals surface area contributed by atoms with E-state index in [0.717, 1.165) is 36.9 Å². The number of benzene rings is 4. The molecule has 1 heteroatoms. The Morgan fingerprint density at radius 2 is 1.61 bits per heavy atom. The van der Waals surface area contributed by atoms with Crippen molar-refractivity contribution in [2.45, 2.75) is 32.6 Å². The van der Waals surface area contributed by atoms with Crippen LogP contribution in [0.25, 0.3) is 22.4 Å². The molecule has 0 amide bonds. The fourth-order valence-electron chi connectivity index (χ4n) is 6.03. The molecule has 1 unspecified atom stereocenters. The molecule has 2 aliphatic rings. The number of nitrogens with zero attached hydrogens (tertiary/aromatic N) is 1. The van der Waals surface area contributed by atoms with Gasteiger partial charge in [0.05, 0.1) is 5.70 Å². The third-order valence-electron chi connectivity index (χ3n) is 7.96. The molecule has 1 nitrogen and oxygen atoms in total. The lowest BCUT2D eigenvalue weighted by Gasteiger charge is -2.30. The Morgan fingerprint density at radius 3 is 2.42 bits per heavy atom. The zero-order valence-electron chi connectivity index (χ0n) is 22.0. The molecule has 6 rings (SSSR count). The highest BCUT2D eigenvalue weighted by molar-refractivity contribution is 5.84. The first-order chi connectivity index (χ1) is 18.6. The van der Waals surface area contributed by atoms with Gasteiger partial charge in [0.1, 0.15) is 0 Å². The predicted octanol–water partition coefficient (Wildman–Crippen LogP) is 9.16. The molecule has 0 heterocycles. The second-order valence-electron chi connectivity index (χ2n) is 10.9. The van der Waals surface area contributed by atoms with Gasteiger partial charge in [-0.25, -0.2) is 0 Å². The second-order valence-corrected chi connectivity index (χ2v) is 10.9. The maximum absolute atomic E-state index is 4.40. The molecule has 0 saturated heterocycles. The first kappa shape index (κ1) is 24.1. The van der Waals surface area contributed by atoms with Gasteiger partial charge in [-0.1, -0.05) is 128 Å². The Hall–Kier alpha value is -4.23. The maximum Gasteiger partial charge on any atom is 0.0658 e. The summed E-state index contributed by atoms with van der Waals surface area (Å²) in [6.45, 7) is 6.28. The Balaban J connectivity index is 1.15. The zero-order valence-corrected chi connectivity index (χ0v) is 22.0. The van der Waals surface area contributed by atoms with Crippen molar-refractivity contribution >= 4 is 18.0 Å². The third-order valence-corrected chi connectivity index (χ3v) is 7.96. The van der Waals surface area contributed by atoms with Crippen LogP contribution in [0.2, 0.25) is 0 Å². The quantitative estimate of drug-likeness (QED) is 0.229. The van der Waals surface area contributed by atoms with E-state index in [4.69, 9.17) is 0 Å². The van der Waals surface area contributed by atoms with E-state index < -0.39 is 0 Å². The molecular formula is C37H33N. The molecule has 0 radical (unpaired) electrons. The number of hydrogen-bond donors (Lipinski definition) is 0. The van der Waals surface area contributed by atoms with Gasteiger partial charge in [-0.15, -0.1) is 0 Å². The zero-order chi connectivity index (χ0) is 26.0. The maximum atomic E-state index is 4.40. The molecule has 0 bridgehead atoms. The topological polar surface area (TPSA) is 12.4 Å². The fraction of sp³-hybridized carbons (Fsp3) is 0.162. The summed E-state index contributed by atoms with van der Waals surface area (Å²) in [7, 11) is 0. The van der Waals surface area contributed by atoms with Crippen molar-refractivity contribution < 1.29 is 0 Å². The van der Waals surface area contributed by atoms with Crippen LogP contribution in [0.4, 0.5) is 0 Å². The molecule has 0 spiro atoms. The Labute approximate surface area is 226 Å². The number of rotatable bonds is 7. The predicted molar refractivity (Wildman–Crippen MR) is 162 cm³/mol. The van der Waals surface area contributed by atoms with Crippen molar-refractivity contribution in [2.75, 3.05) is 0 Å². The average molecular weight is 492 g/mol. The molecule has 0 fully saturated rings. The van der Waals surface area contributed by atoms with Crippen molar-refractivity contribution in [2.24, 2.45) is 10.4 Å². The van der Waals surface area contributed by atoms with Gasteiger partial charge in [0.2, 0.25) is 0 Å². The number of allylic oxidation sites excluding steroid dienone is 5. The molecule has 4 aromatic carbocycles. The van der Waals surface area contributed by atoms with Gasteiger partial charge in [0.25, 0.3) is 0 Å². The summed E-state index contributed by atoms with van der Waals surface area (Å²) in [5.41, 5.74) is 13.2. The molecule has 0 saturated carbocycles. The number of aliphatic imine (C=N–C) groups is 1. The normalized spacial score (nSPS) is 18.3. The van der Waals surface area contributed by atoms with E-state index in [-0.39, 0.29) is 5.41 Å². The van der Waals surface area contributed by atoms with Gasteiger partial charge in [-0.05, 0) is 82.8 Å². The Kier molecular flexibility index (Phi) is 6.52. The van der Waals surface area contributed by atoms with Crippen LogP contribution in [-0.2, 0) is 19.3 Å². The highest BCUT2D eigenvalue weighted by Gasteiger charge is 2.31. The summed E-state index contributed by atoms with van der Waals surface area (Å²) in [4.78, 5) is 4.40. The van der Waals surface area contributed by atoms with Gasteiger partial charge >= 0.3 is 0 Å². The van der Waals surface area contributed by atoms with Crippen molar-refractivity contribution in [3.63, 3.8) is 0 Å². The second kappa shape index (κ2) is 10.3. The molecule has 1 atom stereocenters. The van der Waals surface area contributed by atoms with E-state index in [1.54, 1.807) is 5.57 Å². The summed E-state index contributed by atoms with van der Waals surface area (Å²) in [5.74, 6) is 0. The highest BCUT2D eigenvalue weighted by atomic mass is 14.7. The van der Waals surface area contributed by atoms with E-state index in [9.17, 15) is 0 Å². The lowest BCUT2D eigenvalue weighted by molar-refractivity contribution is 0.415. The molecule has 38 heavy (non-hydrogen) atoms. The summed E-state index contributed by atoms with van der Waals surface area (Å²) in [5, 5.41) is 0. The van der Waals surface area contributed by atoms with E-state index in [0.29, 0.717) is 0 Å². The lowest BCUT2D eigenvalue weighted by Crippen LogP contribution is -2.20. The minimum atomic E-state index is 0.117. The summed E-state index contributed by atoms with van der Waals surface area (Å²) in [6.07, 6.45) is 11.0. The summed E-state index contributed by atoms with van der Waals surface area (Å²) < 4.78 is 0. The van der Waals surface area contributed by atoms with Crippen LogP contribution in [-0.4, -0.2) is 6.72 Å². The van der Waals surface area contributed by atoms with Gasteiger partial charge < -0.3 is 0 Å². The van der Waals surface area contributed by atoms with E-state index >= 15 is 0 Å². The Bertz CT molecular complexity index is 1570. The molecular weight excluding hydrogens is 458 g/mol. The highest BCUT2D eigenvalue weighted by Crippen LogP contribution is 2.45. The lowest BCUT2D eigenvalue weighted by atomic mass is 9.74. The number of hydrogen-bond acceptors (Lipinski definition) is 1. The smallest absolute Gasteiger partial charge is 0.0658 e. The molecule has 0 aromatic heterocycles. The van der Waals surface area contributed by atoms with Crippen LogP contribution >= 0.6 is 0 Å². The molecule has 4 aromatic rings. The monoisotopic (exact) mass is 491 g/mol. The van der Waals surface area contributed by atoms with E-state index in [2.05, 4.69) is 140 Å². The largest absolute Gasteiger partial charge is 0.264 e. The molecule has 186 valence electrons. The first-order valence-corrected chi connectivity index (χ1v) is 13.5. The van der Waals surface area contributed by atoms with Crippen molar-refractivity contribution in [1.29, 1.82) is 0 Å². The van der Waals surface area contributed by atoms with E-state index in [1.165, 1.54) is 39.0 Å². The van der Waals surface area contributed by atoms with Crippen LogP contribution in [0.3, 0.4) is 0 Å².